The minimum atomic E-state index is -0.937. The van der Waals surface area contributed by atoms with E-state index in [2.05, 4.69) is 4.74 Å². The van der Waals surface area contributed by atoms with Gasteiger partial charge in [-0.3, -0.25) is 0 Å². The number of halogens is 1. The van der Waals surface area contributed by atoms with Gasteiger partial charge in [0.2, 0.25) is 0 Å². The van der Waals surface area contributed by atoms with Gasteiger partial charge in [-0.1, -0.05) is 0 Å². The van der Waals surface area contributed by atoms with E-state index in [4.69, 9.17) is 10.5 Å². The average molecular weight is 255 g/mol. The van der Waals surface area contributed by atoms with Gasteiger partial charge in [0.25, 0.3) is 0 Å². The molecule has 1 rings (SSSR count). The van der Waals surface area contributed by atoms with Crippen LogP contribution in [0.25, 0.3) is 0 Å². The fraction of sp³-hybridized carbons (Fsp3) is 0.333. The molecule has 0 radical (unpaired) electrons. The molecule has 0 bridgehead atoms. The van der Waals surface area contributed by atoms with Crippen molar-refractivity contribution < 1.29 is 23.5 Å². The number of carbonyl (C=O) groups excluding carboxylic acids is 2. The molecule has 1 aromatic carbocycles. The van der Waals surface area contributed by atoms with Crippen molar-refractivity contribution in [3.05, 3.63) is 29.6 Å². The highest BCUT2D eigenvalue weighted by atomic mass is 19.1. The topological polar surface area (TPSA) is 78.6 Å². The van der Waals surface area contributed by atoms with Crippen LogP contribution < -0.4 is 5.73 Å². The fourth-order valence-electron chi connectivity index (χ4n) is 1.20. The van der Waals surface area contributed by atoms with E-state index >= 15 is 0 Å². The highest BCUT2D eigenvalue weighted by Gasteiger charge is 2.15. The number of rotatable bonds is 4. The summed E-state index contributed by atoms with van der Waals surface area (Å²) in [5, 5.41) is 0. The number of anilines is 1. The lowest BCUT2D eigenvalue weighted by atomic mass is 10.2. The summed E-state index contributed by atoms with van der Waals surface area (Å²) >= 11 is 0. The van der Waals surface area contributed by atoms with E-state index in [0.29, 0.717) is 0 Å². The van der Waals surface area contributed by atoms with Crippen LogP contribution in [-0.2, 0) is 14.3 Å². The van der Waals surface area contributed by atoms with Crippen molar-refractivity contribution in [1.29, 1.82) is 0 Å². The molecule has 0 aliphatic carbocycles. The zero-order chi connectivity index (χ0) is 13.7. The molecule has 0 heterocycles. The minimum Gasteiger partial charge on any atom is -0.460 e. The highest BCUT2D eigenvalue weighted by molar-refractivity contribution is 5.91. The molecule has 0 saturated carbocycles. The Balaban J connectivity index is 2.58. The van der Waals surface area contributed by atoms with Crippen LogP contribution >= 0.6 is 0 Å². The third kappa shape index (κ3) is 4.04. The Morgan fingerprint density at radius 3 is 2.61 bits per heavy atom. The second-order valence-corrected chi connectivity index (χ2v) is 3.85. The lowest BCUT2D eigenvalue weighted by molar-refractivity contribution is -0.150. The van der Waals surface area contributed by atoms with Gasteiger partial charge < -0.3 is 15.2 Å². The maximum absolute atomic E-state index is 13.3. The van der Waals surface area contributed by atoms with Gasteiger partial charge in [0.15, 0.2) is 6.61 Å². The second-order valence-electron chi connectivity index (χ2n) is 3.85. The van der Waals surface area contributed by atoms with Crippen molar-refractivity contribution in [2.24, 2.45) is 0 Å². The normalized spacial score (nSPS) is 10.2. The van der Waals surface area contributed by atoms with Crippen LogP contribution in [0, 0.1) is 5.82 Å². The Hall–Kier alpha value is -2.11. The van der Waals surface area contributed by atoms with E-state index < -0.39 is 24.4 Å². The highest BCUT2D eigenvalue weighted by Crippen LogP contribution is 2.12. The van der Waals surface area contributed by atoms with Crippen LogP contribution in [0.15, 0.2) is 18.2 Å². The van der Waals surface area contributed by atoms with Crippen LogP contribution in [0.5, 0.6) is 0 Å². The van der Waals surface area contributed by atoms with Gasteiger partial charge >= 0.3 is 11.9 Å². The van der Waals surface area contributed by atoms with Crippen LogP contribution in [0.2, 0.25) is 0 Å². The molecule has 0 fully saturated rings. The molecule has 5 nitrogen and oxygen atoms in total. The SMILES string of the molecule is CC(C)OC(=O)COC(=O)c1ccc(N)cc1F. The van der Waals surface area contributed by atoms with Crippen LogP contribution in [0.4, 0.5) is 10.1 Å². The van der Waals surface area contributed by atoms with E-state index in [9.17, 15) is 14.0 Å². The Morgan fingerprint density at radius 1 is 1.39 bits per heavy atom. The summed E-state index contributed by atoms with van der Waals surface area (Å²) in [5.41, 5.74) is 5.26. The van der Waals surface area contributed by atoms with Gasteiger partial charge in [-0.15, -0.1) is 0 Å². The average Bonchev–Trinajstić information content (AvgIpc) is 2.25. The molecular weight excluding hydrogens is 241 g/mol. The summed E-state index contributed by atoms with van der Waals surface area (Å²) in [6.45, 7) is 2.78. The van der Waals surface area contributed by atoms with Gasteiger partial charge in [-0.2, -0.15) is 0 Å². The van der Waals surface area contributed by atoms with Crippen molar-refractivity contribution in [3.63, 3.8) is 0 Å². The zero-order valence-corrected chi connectivity index (χ0v) is 10.1. The number of benzene rings is 1. The van der Waals surface area contributed by atoms with Crippen molar-refractivity contribution in [3.8, 4) is 0 Å². The Labute approximate surface area is 104 Å². The molecule has 0 amide bonds. The number of esters is 2. The molecule has 0 aromatic heterocycles. The summed E-state index contributed by atoms with van der Waals surface area (Å²) in [4.78, 5) is 22.6. The molecule has 0 unspecified atom stereocenters. The number of ether oxygens (including phenoxy) is 2. The summed E-state index contributed by atoms with van der Waals surface area (Å²) in [6, 6.07) is 3.57. The number of carbonyl (C=O) groups is 2. The maximum Gasteiger partial charge on any atom is 0.344 e. The molecule has 18 heavy (non-hydrogen) atoms. The molecule has 1 aromatic rings. The van der Waals surface area contributed by atoms with E-state index in [1.807, 2.05) is 0 Å². The van der Waals surface area contributed by atoms with Crippen LogP contribution in [0.3, 0.4) is 0 Å². The first-order chi connectivity index (χ1) is 8.40. The van der Waals surface area contributed by atoms with Gasteiger partial charge in [-0.05, 0) is 32.0 Å². The lowest BCUT2D eigenvalue weighted by Crippen LogP contribution is -2.20. The first kappa shape index (κ1) is 14.0. The van der Waals surface area contributed by atoms with Crippen LogP contribution in [-0.4, -0.2) is 24.6 Å². The lowest BCUT2D eigenvalue weighted by Gasteiger charge is -2.08. The molecule has 98 valence electrons. The van der Waals surface area contributed by atoms with Crippen LogP contribution in [0.1, 0.15) is 24.2 Å². The maximum atomic E-state index is 13.3. The van der Waals surface area contributed by atoms with Crippen molar-refractivity contribution >= 4 is 17.6 Å². The molecular formula is C12H14FNO4. The van der Waals surface area contributed by atoms with E-state index in [0.717, 1.165) is 6.07 Å². The van der Waals surface area contributed by atoms with Gasteiger partial charge in [0, 0.05) is 5.69 Å². The molecule has 0 saturated heterocycles. The summed E-state index contributed by atoms with van der Waals surface area (Å²) < 4.78 is 22.7. The quantitative estimate of drug-likeness (QED) is 0.651. The number of hydrogen-bond acceptors (Lipinski definition) is 5. The van der Waals surface area contributed by atoms with Gasteiger partial charge in [-0.25, -0.2) is 14.0 Å². The monoisotopic (exact) mass is 255 g/mol. The first-order valence-corrected chi connectivity index (χ1v) is 5.31. The molecule has 6 heteroatoms. The largest absolute Gasteiger partial charge is 0.460 e. The van der Waals surface area contributed by atoms with E-state index in [1.54, 1.807) is 13.8 Å². The van der Waals surface area contributed by atoms with E-state index in [1.165, 1.54) is 12.1 Å². The molecule has 0 aliphatic heterocycles. The Bertz CT molecular complexity index is 459. The molecule has 0 atom stereocenters. The molecule has 0 aliphatic rings. The van der Waals surface area contributed by atoms with Crippen molar-refractivity contribution in [2.45, 2.75) is 20.0 Å². The predicted molar refractivity (Wildman–Crippen MR) is 62.3 cm³/mol. The van der Waals surface area contributed by atoms with Crippen molar-refractivity contribution in [2.75, 3.05) is 12.3 Å². The van der Waals surface area contributed by atoms with Gasteiger partial charge in [0.1, 0.15) is 5.82 Å². The van der Waals surface area contributed by atoms with E-state index in [-0.39, 0.29) is 17.4 Å². The smallest absolute Gasteiger partial charge is 0.344 e. The number of nitrogens with two attached hydrogens (primary N) is 1. The molecule has 2 N–H and O–H groups in total. The predicted octanol–water partition coefficient (Wildman–Crippen LogP) is 1.52. The van der Waals surface area contributed by atoms with Gasteiger partial charge in [0.05, 0.1) is 11.7 Å². The standard InChI is InChI=1S/C12H14FNO4/c1-7(2)18-11(15)6-17-12(16)9-4-3-8(14)5-10(9)13/h3-5,7H,6,14H2,1-2H3. The summed E-state index contributed by atoms with van der Waals surface area (Å²) in [5.74, 6) is -2.42. The zero-order valence-electron chi connectivity index (χ0n) is 10.1. The summed E-state index contributed by atoms with van der Waals surface area (Å²) in [6.07, 6.45) is -0.301. The number of nitrogen functional groups attached to an aromatic ring is 1. The minimum absolute atomic E-state index is 0.197. The summed E-state index contributed by atoms with van der Waals surface area (Å²) in [7, 11) is 0. The second kappa shape index (κ2) is 6.00. The fourth-order valence-corrected chi connectivity index (χ4v) is 1.20. The number of hydrogen-bond donors (Lipinski definition) is 1. The van der Waals surface area contributed by atoms with Crippen molar-refractivity contribution in [1.82, 2.24) is 0 Å². The first-order valence-electron chi connectivity index (χ1n) is 5.31. The Kier molecular flexibility index (Phi) is 4.65. The Morgan fingerprint density at radius 2 is 2.06 bits per heavy atom. The third-order valence-corrected chi connectivity index (χ3v) is 1.90. The third-order valence-electron chi connectivity index (χ3n) is 1.90. The molecule has 0 spiro atoms.